The van der Waals surface area contributed by atoms with Crippen LogP contribution in [0.25, 0.3) is 12.7 Å². The monoisotopic (exact) mass is 536 g/mol. The summed E-state index contributed by atoms with van der Waals surface area (Å²) in [6.45, 7) is 10.0. The largest absolute Gasteiger partial charge is 0.390 e. The fourth-order valence-electron chi connectivity index (χ4n) is 5.69. The lowest BCUT2D eigenvalue weighted by molar-refractivity contribution is -0.134. The van der Waals surface area contributed by atoms with Crippen molar-refractivity contribution in [1.82, 2.24) is 10.2 Å². The number of allylic oxidation sites excluding steroid dienone is 1. The van der Waals surface area contributed by atoms with Crippen LogP contribution in [0.1, 0.15) is 91.4 Å². The molecule has 2 amide bonds. The predicted octanol–water partition coefficient (Wildman–Crippen LogP) is 4.70. The van der Waals surface area contributed by atoms with E-state index < -0.39 is 5.54 Å². The maximum absolute atomic E-state index is 12.2. The highest BCUT2D eigenvalue weighted by atomic mass is 16.2. The summed E-state index contributed by atoms with van der Waals surface area (Å²) in [7, 11) is 3.54. The molecule has 0 heterocycles. The molecule has 216 valence electrons. The van der Waals surface area contributed by atoms with Crippen molar-refractivity contribution in [2.75, 3.05) is 14.1 Å². The minimum Gasteiger partial charge on any atom is -0.390 e. The van der Waals surface area contributed by atoms with Crippen molar-refractivity contribution >= 4 is 30.8 Å². The Bertz CT molecular complexity index is 1090. The average molecular weight is 537 g/mol. The maximum Gasteiger partial charge on any atom is 0.249 e. The first kappa shape index (κ1) is 32.3. The number of carbonyl (C=O) groups excluding carboxylic acids is 2. The summed E-state index contributed by atoms with van der Waals surface area (Å²) in [5.74, 6) is 1.57. The number of benzene rings is 1. The summed E-state index contributed by atoms with van der Waals surface area (Å²) in [6, 6.07) is 8.26. The van der Waals surface area contributed by atoms with Crippen molar-refractivity contribution in [3.8, 4) is 0 Å². The molecule has 3 N–H and O–H groups in total. The normalized spacial score (nSPS) is 22.5. The van der Waals surface area contributed by atoms with Crippen LogP contribution in [-0.2, 0) is 9.59 Å². The molecule has 0 aliphatic heterocycles. The van der Waals surface area contributed by atoms with Crippen molar-refractivity contribution in [1.29, 1.82) is 0 Å². The summed E-state index contributed by atoms with van der Waals surface area (Å²) < 4.78 is 0. The number of amides is 2. The van der Waals surface area contributed by atoms with Crippen LogP contribution < -0.4 is 21.5 Å². The predicted molar refractivity (Wildman–Crippen MR) is 165 cm³/mol. The second-order valence-electron chi connectivity index (χ2n) is 12.0. The average Bonchev–Trinajstić information content (AvgIpc) is 2.92. The van der Waals surface area contributed by atoms with Crippen molar-refractivity contribution in [2.24, 2.45) is 22.6 Å². The van der Waals surface area contributed by atoms with Crippen molar-refractivity contribution < 1.29 is 9.59 Å². The lowest BCUT2D eigenvalue weighted by Gasteiger charge is -2.30. The first-order valence-electron chi connectivity index (χ1n) is 14.8. The summed E-state index contributed by atoms with van der Waals surface area (Å²) >= 11 is 0. The van der Waals surface area contributed by atoms with Crippen molar-refractivity contribution in [3.63, 3.8) is 0 Å². The number of likely N-dealkylation sites (N-methyl/N-ethyl adjacent to an activating group) is 1. The highest BCUT2D eigenvalue weighted by molar-refractivity contribution is 5.94. The van der Waals surface area contributed by atoms with Crippen molar-refractivity contribution in [3.05, 3.63) is 46.4 Å². The third kappa shape index (κ3) is 11.0. The van der Waals surface area contributed by atoms with E-state index in [1.165, 1.54) is 51.3 Å². The van der Waals surface area contributed by atoms with E-state index in [0.717, 1.165) is 53.5 Å². The fourth-order valence-corrected chi connectivity index (χ4v) is 5.69. The van der Waals surface area contributed by atoms with Gasteiger partial charge in [-0.15, -0.1) is 0 Å². The maximum atomic E-state index is 12.2. The molecule has 2 saturated carbocycles. The summed E-state index contributed by atoms with van der Waals surface area (Å²) in [5.41, 5.74) is 5.46. The highest BCUT2D eigenvalue weighted by Gasteiger charge is 2.34. The van der Waals surface area contributed by atoms with Gasteiger partial charge >= 0.3 is 0 Å². The van der Waals surface area contributed by atoms with Gasteiger partial charge < -0.3 is 16.0 Å². The lowest BCUT2D eigenvalue weighted by atomic mass is 9.82. The molecular weight excluding hydrogens is 484 g/mol. The molecule has 0 radical (unpaired) electrons. The molecule has 6 heteroatoms. The Morgan fingerprint density at radius 2 is 1.82 bits per heavy atom. The zero-order valence-electron chi connectivity index (χ0n) is 25.0. The standard InChI is InChI=1S/C19H25NO.C14H27N3O/c1-14-7-6-10-18(13-14)20-19(21)16(3)11-12-17-9-5-4-8-15(17)2;1-14(16-11-15,13(18)17(2)3)10-9-12-7-5-4-6-8-12/h4-5,8-9,11-12,14,18H,2,6-7,10,13H2,1,3H3,(H,20,21);11-12H,4-10H2,1-3H3,(H2,15,16)/b16-11+,17-12-;. The molecule has 3 unspecified atom stereocenters. The molecule has 0 bridgehead atoms. The molecule has 39 heavy (non-hydrogen) atoms. The molecule has 0 saturated heterocycles. The second-order valence-corrected chi connectivity index (χ2v) is 12.0. The van der Waals surface area contributed by atoms with Gasteiger partial charge in [-0.1, -0.05) is 94.9 Å². The van der Waals surface area contributed by atoms with Gasteiger partial charge in [-0.25, -0.2) is 0 Å². The van der Waals surface area contributed by atoms with Crippen LogP contribution in [0, 0.1) is 11.8 Å². The first-order valence-corrected chi connectivity index (χ1v) is 14.8. The number of nitrogens with one attached hydrogen (secondary N) is 1. The second kappa shape index (κ2) is 16.3. The number of hydrogen-bond acceptors (Lipinski definition) is 3. The Kier molecular flexibility index (Phi) is 13.5. The van der Waals surface area contributed by atoms with E-state index in [1.807, 2.05) is 50.3 Å². The first-order chi connectivity index (χ1) is 18.6. The van der Waals surface area contributed by atoms with Crippen LogP contribution in [0.4, 0.5) is 0 Å². The number of hydrogen-bond donors (Lipinski definition) is 2. The minimum atomic E-state index is -0.685. The van der Waals surface area contributed by atoms with Gasteiger partial charge in [-0.05, 0) is 61.8 Å². The minimum absolute atomic E-state index is 0.0417. The number of aliphatic imine (C=N–C) groups is 1. The number of rotatable bonds is 8. The molecule has 0 spiro atoms. The third-order valence-electron chi connectivity index (χ3n) is 8.19. The Balaban J connectivity index is 0.000000277. The van der Waals surface area contributed by atoms with E-state index in [9.17, 15) is 9.59 Å². The Labute approximate surface area is 236 Å². The van der Waals surface area contributed by atoms with E-state index in [0.29, 0.717) is 6.04 Å². The number of nitrogens with zero attached hydrogens (tertiary/aromatic N) is 2. The fraction of sp³-hybridized carbons (Fsp3) is 0.606. The zero-order valence-corrected chi connectivity index (χ0v) is 25.0. The zero-order chi connectivity index (χ0) is 28.8. The van der Waals surface area contributed by atoms with Crippen molar-refractivity contribution in [2.45, 2.75) is 103 Å². The molecule has 3 rings (SSSR count). The van der Waals surface area contributed by atoms with Crippen LogP contribution in [-0.4, -0.2) is 48.7 Å². The van der Waals surface area contributed by atoms with Gasteiger partial charge in [0.1, 0.15) is 5.54 Å². The Morgan fingerprint density at radius 3 is 2.44 bits per heavy atom. The molecule has 2 aliphatic rings. The van der Waals surface area contributed by atoms with Gasteiger partial charge in [0.15, 0.2) is 0 Å². The van der Waals surface area contributed by atoms with E-state index in [2.05, 4.69) is 23.8 Å². The van der Waals surface area contributed by atoms with E-state index in [-0.39, 0.29) is 11.8 Å². The van der Waals surface area contributed by atoms with Gasteiger partial charge in [0, 0.05) is 25.7 Å². The summed E-state index contributed by atoms with van der Waals surface area (Å²) in [6.07, 6.45) is 18.3. The van der Waals surface area contributed by atoms with Gasteiger partial charge in [-0.3, -0.25) is 14.6 Å². The molecular formula is C33H52N4O2. The summed E-state index contributed by atoms with van der Waals surface area (Å²) in [4.78, 5) is 30.2. The SMILES string of the molecule is C=c1cccc/c1=C/C=C(\C)C(=O)NC1CCCC(C)C1.CN(C)C(=O)C(C)(CCC1CCCCC1)N=CN. The van der Waals surface area contributed by atoms with Gasteiger partial charge in [0.25, 0.3) is 0 Å². The van der Waals surface area contributed by atoms with Crippen LogP contribution in [0.15, 0.2) is 40.9 Å². The molecule has 2 aliphatic carbocycles. The van der Waals surface area contributed by atoms with Gasteiger partial charge in [0.2, 0.25) is 11.8 Å². The molecule has 1 aromatic carbocycles. The third-order valence-corrected chi connectivity index (χ3v) is 8.19. The van der Waals surface area contributed by atoms with Crippen LogP contribution >= 0.6 is 0 Å². The molecule has 6 nitrogen and oxygen atoms in total. The van der Waals surface area contributed by atoms with Crippen LogP contribution in [0.2, 0.25) is 0 Å². The Hall–Kier alpha value is -2.89. The number of nitrogens with two attached hydrogens (primary N) is 1. The smallest absolute Gasteiger partial charge is 0.249 e. The molecule has 0 aromatic heterocycles. The Morgan fingerprint density at radius 1 is 1.13 bits per heavy atom. The van der Waals surface area contributed by atoms with E-state index in [4.69, 9.17) is 5.73 Å². The highest BCUT2D eigenvalue weighted by Crippen LogP contribution is 2.31. The quantitative estimate of drug-likeness (QED) is 0.287. The van der Waals surface area contributed by atoms with Gasteiger partial charge in [-0.2, -0.15) is 0 Å². The lowest BCUT2D eigenvalue weighted by Crippen LogP contribution is -2.43. The van der Waals surface area contributed by atoms with E-state index in [1.54, 1.807) is 19.0 Å². The van der Waals surface area contributed by atoms with Crippen LogP contribution in [0.3, 0.4) is 0 Å². The topological polar surface area (TPSA) is 87.8 Å². The van der Waals surface area contributed by atoms with Gasteiger partial charge in [0.05, 0.1) is 6.34 Å². The molecule has 1 aromatic rings. The number of carbonyl (C=O) groups is 2. The summed E-state index contributed by atoms with van der Waals surface area (Å²) in [5, 5.41) is 5.18. The van der Waals surface area contributed by atoms with Crippen LogP contribution in [0.5, 0.6) is 0 Å². The molecule has 3 atom stereocenters. The van der Waals surface area contributed by atoms with E-state index >= 15 is 0 Å². The molecule has 2 fully saturated rings.